The third-order valence-corrected chi connectivity index (χ3v) is 3.21. The molecule has 0 saturated heterocycles. The molecule has 1 aromatic carbocycles. The summed E-state index contributed by atoms with van der Waals surface area (Å²) < 4.78 is 5.09. The summed E-state index contributed by atoms with van der Waals surface area (Å²) in [6.45, 7) is 8.13. The Labute approximate surface area is 131 Å². The third-order valence-electron chi connectivity index (χ3n) is 3.21. The molecule has 2 rings (SSSR count). The predicted octanol–water partition coefficient (Wildman–Crippen LogP) is 1.98. The van der Waals surface area contributed by atoms with Gasteiger partial charge in [-0.25, -0.2) is 4.99 Å². The number of hydrogen-bond acceptors (Lipinski definition) is 4. The highest BCUT2D eigenvalue weighted by Crippen LogP contribution is 2.07. The molecule has 0 aliphatic carbocycles. The average Bonchev–Trinajstić information content (AvgIpc) is 2.92. The van der Waals surface area contributed by atoms with Crippen LogP contribution in [0.5, 0.6) is 0 Å². The van der Waals surface area contributed by atoms with E-state index in [0.717, 1.165) is 12.5 Å². The molecule has 0 aliphatic heterocycles. The molecule has 118 valence electrons. The van der Waals surface area contributed by atoms with Gasteiger partial charge in [-0.3, -0.25) is 0 Å². The molecule has 0 bridgehead atoms. The van der Waals surface area contributed by atoms with Crippen molar-refractivity contribution in [3.8, 4) is 0 Å². The fourth-order valence-electron chi connectivity index (χ4n) is 2.02. The van der Waals surface area contributed by atoms with Gasteiger partial charge in [-0.15, -0.1) is 0 Å². The first-order valence-electron chi connectivity index (χ1n) is 7.55. The van der Waals surface area contributed by atoms with Gasteiger partial charge in [0.1, 0.15) is 0 Å². The molecule has 1 heterocycles. The maximum Gasteiger partial charge on any atom is 0.228 e. The van der Waals surface area contributed by atoms with Crippen molar-refractivity contribution in [2.24, 2.45) is 4.99 Å². The van der Waals surface area contributed by atoms with E-state index < -0.39 is 0 Å². The van der Waals surface area contributed by atoms with Crippen LogP contribution in [0.4, 0.5) is 0 Å². The maximum atomic E-state index is 5.09. The Morgan fingerprint density at radius 1 is 1.23 bits per heavy atom. The van der Waals surface area contributed by atoms with E-state index in [0.29, 0.717) is 31.2 Å². The fraction of sp³-hybridized carbons (Fsp3) is 0.438. The molecule has 2 N–H and O–H groups in total. The monoisotopic (exact) mass is 301 g/mol. The van der Waals surface area contributed by atoms with Crippen molar-refractivity contribution in [1.29, 1.82) is 0 Å². The van der Waals surface area contributed by atoms with Gasteiger partial charge < -0.3 is 15.2 Å². The highest BCUT2D eigenvalue weighted by Gasteiger charge is 2.03. The van der Waals surface area contributed by atoms with Crippen LogP contribution in [0, 0.1) is 13.8 Å². The summed E-state index contributed by atoms with van der Waals surface area (Å²) >= 11 is 0. The van der Waals surface area contributed by atoms with Gasteiger partial charge in [0, 0.05) is 19.5 Å². The molecule has 2 aromatic rings. The van der Waals surface area contributed by atoms with Crippen LogP contribution in [0.3, 0.4) is 0 Å². The minimum absolute atomic E-state index is 0.639. The van der Waals surface area contributed by atoms with Crippen molar-refractivity contribution in [2.45, 2.75) is 33.7 Å². The first kappa shape index (κ1) is 16.0. The quantitative estimate of drug-likeness (QED) is 0.630. The van der Waals surface area contributed by atoms with Crippen LogP contribution in [-0.4, -0.2) is 29.2 Å². The molecule has 1 aromatic heterocycles. The summed E-state index contributed by atoms with van der Waals surface area (Å²) in [5.74, 6) is 2.09. The zero-order valence-corrected chi connectivity index (χ0v) is 13.4. The molecule has 0 amide bonds. The zero-order valence-electron chi connectivity index (χ0n) is 13.4. The summed E-state index contributed by atoms with van der Waals surface area (Å²) in [6.07, 6.45) is 0.676. The van der Waals surface area contributed by atoms with Gasteiger partial charge in [0.15, 0.2) is 11.8 Å². The molecular weight excluding hydrogens is 278 g/mol. The number of aryl methyl sites for hydroxylation is 2. The van der Waals surface area contributed by atoms with E-state index in [1.807, 2.05) is 26.0 Å². The average molecular weight is 301 g/mol. The third kappa shape index (κ3) is 4.87. The maximum absolute atomic E-state index is 5.09. The minimum Gasteiger partial charge on any atom is -0.357 e. The van der Waals surface area contributed by atoms with E-state index in [1.54, 1.807) is 0 Å². The van der Waals surface area contributed by atoms with E-state index in [1.165, 1.54) is 11.1 Å². The van der Waals surface area contributed by atoms with Crippen LogP contribution in [-0.2, 0) is 13.0 Å². The second kappa shape index (κ2) is 8.17. The van der Waals surface area contributed by atoms with Crippen LogP contribution in [0.2, 0.25) is 0 Å². The standard InChI is InChI=1S/C16H23N5O/c1-4-17-16(18-10-9-15-20-13(3)21-22-15)19-11-14-8-6-5-7-12(14)2/h5-8H,4,9-11H2,1-3H3,(H2,17,18,19). The van der Waals surface area contributed by atoms with Gasteiger partial charge in [0.25, 0.3) is 0 Å². The van der Waals surface area contributed by atoms with Crippen LogP contribution in [0.1, 0.15) is 29.8 Å². The lowest BCUT2D eigenvalue weighted by atomic mass is 10.1. The van der Waals surface area contributed by atoms with Crippen LogP contribution in [0.15, 0.2) is 33.8 Å². The molecule has 22 heavy (non-hydrogen) atoms. The van der Waals surface area contributed by atoms with E-state index in [-0.39, 0.29) is 0 Å². The Morgan fingerprint density at radius 3 is 2.73 bits per heavy atom. The summed E-state index contributed by atoms with van der Waals surface area (Å²) in [4.78, 5) is 8.79. The van der Waals surface area contributed by atoms with Gasteiger partial charge in [-0.2, -0.15) is 4.98 Å². The van der Waals surface area contributed by atoms with Crippen molar-refractivity contribution in [3.05, 3.63) is 47.1 Å². The van der Waals surface area contributed by atoms with Gasteiger partial charge in [0.2, 0.25) is 5.89 Å². The molecule has 6 heteroatoms. The highest BCUT2D eigenvalue weighted by atomic mass is 16.5. The number of nitrogens with zero attached hydrogens (tertiary/aromatic N) is 3. The molecule has 0 unspecified atom stereocenters. The number of nitrogens with one attached hydrogen (secondary N) is 2. The van der Waals surface area contributed by atoms with Gasteiger partial charge in [-0.05, 0) is 31.9 Å². The van der Waals surface area contributed by atoms with Gasteiger partial charge in [-0.1, -0.05) is 29.4 Å². The summed E-state index contributed by atoms with van der Waals surface area (Å²) in [7, 11) is 0. The van der Waals surface area contributed by atoms with Crippen molar-refractivity contribution in [3.63, 3.8) is 0 Å². The number of rotatable bonds is 6. The number of hydrogen-bond donors (Lipinski definition) is 2. The normalized spacial score (nSPS) is 11.5. The number of aliphatic imine (C=N–C) groups is 1. The molecule has 0 saturated carbocycles. The molecule has 6 nitrogen and oxygen atoms in total. The second-order valence-corrected chi connectivity index (χ2v) is 5.03. The molecule has 0 spiro atoms. The summed E-state index contributed by atoms with van der Waals surface area (Å²) in [6, 6.07) is 8.28. The van der Waals surface area contributed by atoms with Crippen LogP contribution in [0.25, 0.3) is 0 Å². The Balaban J connectivity index is 1.88. The summed E-state index contributed by atoms with van der Waals surface area (Å²) in [5, 5.41) is 10.3. The van der Waals surface area contributed by atoms with Crippen molar-refractivity contribution < 1.29 is 4.52 Å². The first-order chi connectivity index (χ1) is 10.7. The highest BCUT2D eigenvalue weighted by molar-refractivity contribution is 5.79. The second-order valence-electron chi connectivity index (χ2n) is 5.03. The Kier molecular flexibility index (Phi) is 5.94. The van der Waals surface area contributed by atoms with Crippen molar-refractivity contribution in [2.75, 3.05) is 13.1 Å². The molecule has 0 atom stereocenters. The summed E-state index contributed by atoms with van der Waals surface area (Å²) in [5.41, 5.74) is 2.48. The van der Waals surface area contributed by atoms with E-state index in [4.69, 9.17) is 4.52 Å². The van der Waals surface area contributed by atoms with Gasteiger partial charge >= 0.3 is 0 Å². The fourth-order valence-corrected chi connectivity index (χ4v) is 2.02. The van der Waals surface area contributed by atoms with E-state index in [9.17, 15) is 0 Å². The van der Waals surface area contributed by atoms with Crippen molar-refractivity contribution in [1.82, 2.24) is 20.8 Å². The van der Waals surface area contributed by atoms with Crippen molar-refractivity contribution >= 4 is 5.96 Å². The molecule has 0 radical (unpaired) electrons. The van der Waals surface area contributed by atoms with E-state index >= 15 is 0 Å². The number of benzene rings is 1. The molecular formula is C16H23N5O. The predicted molar refractivity (Wildman–Crippen MR) is 86.7 cm³/mol. The van der Waals surface area contributed by atoms with Crippen LogP contribution < -0.4 is 10.6 Å². The lowest BCUT2D eigenvalue weighted by Crippen LogP contribution is -2.38. The minimum atomic E-state index is 0.639. The smallest absolute Gasteiger partial charge is 0.228 e. The molecule has 0 fully saturated rings. The number of guanidine groups is 1. The SMILES string of the molecule is CCNC(=NCc1ccccc1C)NCCc1nc(C)no1. The topological polar surface area (TPSA) is 75.3 Å². The Morgan fingerprint density at radius 2 is 2.05 bits per heavy atom. The van der Waals surface area contributed by atoms with E-state index in [2.05, 4.69) is 44.8 Å². The Bertz CT molecular complexity index is 621. The lowest BCUT2D eigenvalue weighted by molar-refractivity contribution is 0.374. The number of aromatic nitrogens is 2. The van der Waals surface area contributed by atoms with Crippen LogP contribution >= 0.6 is 0 Å². The Hall–Kier alpha value is -2.37. The zero-order chi connectivity index (χ0) is 15.8. The molecule has 0 aliphatic rings. The lowest BCUT2D eigenvalue weighted by Gasteiger charge is -2.11. The van der Waals surface area contributed by atoms with Gasteiger partial charge in [0.05, 0.1) is 6.54 Å². The largest absolute Gasteiger partial charge is 0.357 e. The first-order valence-corrected chi connectivity index (χ1v) is 7.55.